The molecule has 1 saturated heterocycles. The average molecular weight is 339 g/mol. The second kappa shape index (κ2) is 8.42. The van der Waals surface area contributed by atoms with Gasteiger partial charge in [0.05, 0.1) is 25.6 Å². The van der Waals surface area contributed by atoms with Crippen LogP contribution in [-0.4, -0.2) is 46.4 Å². The van der Waals surface area contributed by atoms with Gasteiger partial charge in [-0.1, -0.05) is 30.3 Å². The Morgan fingerprint density at radius 3 is 3.00 bits per heavy atom. The number of benzene rings is 1. The molecule has 25 heavy (non-hydrogen) atoms. The largest absolute Gasteiger partial charge is 0.366 e. The summed E-state index contributed by atoms with van der Waals surface area (Å²) < 4.78 is 7.26. The normalized spacial score (nSPS) is 17.8. The van der Waals surface area contributed by atoms with Gasteiger partial charge in [-0.2, -0.15) is 10.4 Å². The van der Waals surface area contributed by atoms with E-state index in [2.05, 4.69) is 33.5 Å². The predicted octanol–water partition coefficient (Wildman–Crippen LogP) is 1.64. The van der Waals surface area contributed by atoms with E-state index in [4.69, 9.17) is 10.00 Å². The van der Waals surface area contributed by atoms with Crippen LogP contribution < -0.4 is 5.32 Å². The first-order chi connectivity index (χ1) is 12.2. The van der Waals surface area contributed by atoms with Crippen LogP contribution in [0.15, 0.2) is 42.6 Å². The van der Waals surface area contributed by atoms with Crippen LogP contribution in [0.25, 0.3) is 0 Å². The Kier molecular flexibility index (Phi) is 5.77. The number of ether oxygens (including phenoxy) is 1. The van der Waals surface area contributed by atoms with Crippen molar-refractivity contribution < 1.29 is 9.53 Å². The highest BCUT2D eigenvalue weighted by molar-refractivity contribution is 5.93. The van der Waals surface area contributed by atoms with Crippen LogP contribution in [0.5, 0.6) is 0 Å². The van der Waals surface area contributed by atoms with Crippen LogP contribution in [0.1, 0.15) is 12.0 Å². The van der Waals surface area contributed by atoms with Crippen LogP contribution in [0, 0.1) is 11.3 Å². The monoisotopic (exact) mass is 339 g/mol. The highest BCUT2D eigenvalue weighted by atomic mass is 16.5. The Hall–Kier alpha value is -2.69. The van der Waals surface area contributed by atoms with Gasteiger partial charge < -0.3 is 10.1 Å². The number of amides is 1. The second-order valence-electron chi connectivity index (χ2n) is 5.94. The van der Waals surface area contributed by atoms with Gasteiger partial charge in [0, 0.05) is 31.9 Å². The van der Waals surface area contributed by atoms with E-state index in [1.54, 1.807) is 16.9 Å². The number of aromatic nitrogens is 2. The van der Waals surface area contributed by atoms with Gasteiger partial charge >= 0.3 is 0 Å². The van der Waals surface area contributed by atoms with E-state index in [9.17, 15) is 4.79 Å². The fourth-order valence-electron chi connectivity index (χ4n) is 2.77. The predicted molar refractivity (Wildman–Crippen MR) is 92.5 cm³/mol. The molecule has 7 heteroatoms. The molecule has 0 saturated carbocycles. The van der Waals surface area contributed by atoms with E-state index in [1.165, 1.54) is 5.56 Å². The molecule has 1 N–H and O–H groups in total. The average Bonchev–Trinajstić information content (AvgIpc) is 3.08. The summed E-state index contributed by atoms with van der Waals surface area (Å²) in [5, 5.41) is 15.6. The molecule has 1 aliphatic heterocycles. The van der Waals surface area contributed by atoms with Crippen molar-refractivity contribution in [2.45, 2.75) is 25.6 Å². The molecule has 0 spiro atoms. The van der Waals surface area contributed by atoms with Gasteiger partial charge in [-0.3, -0.25) is 14.4 Å². The number of anilines is 1. The Morgan fingerprint density at radius 2 is 2.20 bits per heavy atom. The van der Waals surface area contributed by atoms with E-state index >= 15 is 0 Å². The van der Waals surface area contributed by atoms with Crippen LogP contribution >= 0.6 is 0 Å². The summed E-state index contributed by atoms with van der Waals surface area (Å²) in [4.78, 5) is 14.6. The number of hydrogen-bond donors (Lipinski definition) is 1. The maximum absolute atomic E-state index is 12.4. The maximum atomic E-state index is 12.4. The first-order valence-electron chi connectivity index (χ1n) is 8.34. The number of rotatable bonds is 6. The van der Waals surface area contributed by atoms with Crippen LogP contribution in [-0.2, 0) is 22.6 Å². The number of nitriles is 1. The third-order valence-corrected chi connectivity index (χ3v) is 4.04. The zero-order valence-corrected chi connectivity index (χ0v) is 14.0. The molecule has 130 valence electrons. The van der Waals surface area contributed by atoms with Crippen molar-refractivity contribution in [3.63, 3.8) is 0 Å². The Balaban J connectivity index is 1.53. The summed E-state index contributed by atoms with van der Waals surface area (Å²) in [6, 6.07) is 14.0. The Labute approximate surface area is 146 Å². The summed E-state index contributed by atoms with van der Waals surface area (Å²) in [6.45, 7) is 3.20. The molecule has 1 fully saturated rings. The van der Waals surface area contributed by atoms with Crippen LogP contribution in [0.3, 0.4) is 0 Å². The van der Waals surface area contributed by atoms with Crippen molar-refractivity contribution >= 4 is 11.7 Å². The van der Waals surface area contributed by atoms with Gasteiger partial charge in [-0.25, -0.2) is 0 Å². The van der Waals surface area contributed by atoms with E-state index in [-0.39, 0.29) is 5.91 Å². The number of aryl methyl sites for hydroxylation is 1. The summed E-state index contributed by atoms with van der Waals surface area (Å²) in [5.74, 6) is 0.287. The molecule has 3 rings (SSSR count). The minimum Gasteiger partial charge on any atom is -0.366 e. The van der Waals surface area contributed by atoms with Gasteiger partial charge in [0.1, 0.15) is 6.10 Å². The van der Waals surface area contributed by atoms with Gasteiger partial charge in [0.25, 0.3) is 5.91 Å². The molecule has 1 aliphatic rings. The fourth-order valence-corrected chi connectivity index (χ4v) is 2.77. The molecule has 1 aromatic heterocycles. The number of nitrogens with zero attached hydrogens (tertiary/aromatic N) is 4. The molecule has 2 aromatic rings. The zero-order valence-electron chi connectivity index (χ0n) is 14.0. The number of carbonyl (C=O) groups excluding carboxylic acids is 1. The lowest BCUT2D eigenvalue weighted by molar-refractivity contribution is -0.133. The Morgan fingerprint density at radius 1 is 1.36 bits per heavy atom. The zero-order chi connectivity index (χ0) is 17.5. The van der Waals surface area contributed by atoms with Crippen molar-refractivity contribution in [1.82, 2.24) is 14.7 Å². The molecule has 0 aliphatic carbocycles. The summed E-state index contributed by atoms with van der Waals surface area (Å²) in [7, 11) is 0. The lowest BCUT2D eigenvalue weighted by Crippen LogP contribution is -2.47. The van der Waals surface area contributed by atoms with E-state index in [0.29, 0.717) is 31.9 Å². The fraction of sp³-hybridized carbons (Fsp3) is 0.389. The maximum Gasteiger partial charge on any atom is 0.256 e. The number of hydrogen-bond acceptors (Lipinski definition) is 5. The number of nitrogens with one attached hydrogen (secondary N) is 1. The van der Waals surface area contributed by atoms with Crippen LogP contribution in [0.4, 0.5) is 5.82 Å². The molecule has 0 unspecified atom stereocenters. The van der Waals surface area contributed by atoms with E-state index in [0.717, 1.165) is 13.1 Å². The summed E-state index contributed by atoms with van der Waals surface area (Å²) in [5.41, 5.74) is 1.22. The molecule has 0 bridgehead atoms. The molecular weight excluding hydrogens is 318 g/mol. The summed E-state index contributed by atoms with van der Waals surface area (Å²) in [6.07, 6.45) is 1.62. The van der Waals surface area contributed by atoms with Crippen molar-refractivity contribution in [2.75, 3.05) is 25.0 Å². The van der Waals surface area contributed by atoms with Crippen molar-refractivity contribution in [1.29, 1.82) is 5.26 Å². The third-order valence-electron chi connectivity index (χ3n) is 4.04. The highest BCUT2D eigenvalue weighted by Gasteiger charge is 2.27. The van der Waals surface area contributed by atoms with Gasteiger partial charge in [0.2, 0.25) is 0 Å². The first kappa shape index (κ1) is 17.1. The van der Waals surface area contributed by atoms with E-state index < -0.39 is 6.10 Å². The Bertz CT molecular complexity index is 737. The quantitative estimate of drug-likeness (QED) is 0.865. The first-order valence-corrected chi connectivity index (χ1v) is 8.34. The smallest absolute Gasteiger partial charge is 0.256 e. The van der Waals surface area contributed by atoms with Gasteiger partial charge in [-0.15, -0.1) is 0 Å². The molecule has 2 heterocycles. The molecule has 1 atom stereocenters. The molecular formula is C18H21N5O2. The van der Waals surface area contributed by atoms with Crippen LogP contribution in [0.2, 0.25) is 0 Å². The second-order valence-corrected chi connectivity index (χ2v) is 5.94. The molecule has 0 radical (unpaired) electrons. The minimum absolute atomic E-state index is 0.191. The molecule has 7 nitrogen and oxygen atoms in total. The van der Waals surface area contributed by atoms with Crippen molar-refractivity contribution in [3.05, 3.63) is 48.2 Å². The topological polar surface area (TPSA) is 83.2 Å². The third kappa shape index (κ3) is 4.89. The number of morpholine rings is 1. The van der Waals surface area contributed by atoms with Crippen molar-refractivity contribution in [3.8, 4) is 6.07 Å². The number of carbonyl (C=O) groups is 1. The molecule has 1 amide bonds. The SMILES string of the molecule is N#CCCn1ccc(NC(=O)[C@@H]2CN(Cc3ccccc3)CCO2)n1. The van der Waals surface area contributed by atoms with Gasteiger partial charge in [0.15, 0.2) is 5.82 Å². The molecule has 1 aromatic carbocycles. The minimum atomic E-state index is -0.512. The lowest BCUT2D eigenvalue weighted by atomic mass is 10.2. The highest BCUT2D eigenvalue weighted by Crippen LogP contribution is 2.12. The lowest BCUT2D eigenvalue weighted by Gasteiger charge is -2.32. The summed E-state index contributed by atoms with van der Waals surface area (Å²) >= 11 is 0. The van der Waals surface area contributed by atoms with Gasteiger partial charge in [-0.05, 0) is 5.56 Å². The van der Waals surface area contributed by atoms with Crippen molar-refractivity contribution in [2.24, 2.45) is 0 Å². The van der Waals surface area contributed by atoms with E-state index in [1.807, 2.05) is 18.2 Å². The standard InChI is InChI=1S/C18H21N5O2/c19-8-4-9-23-10-7-17(21-23)20-18(24)16-14-22(11-12-25-16)13-15-5-2-1-3-6-15/h1-3,5-7,10,16H,4,9,11-14H2,(H,20,21,24)/t16-/m0/s1.